The van der Waals surface area contributed by atoms with Gasteiger partial charge in [0.1, 0.15) is 12.4 Å². The van der Waals surface area contributed by atoms with Gasteiger partial charge in [0.25, 0.3) is 0 Å². The summed E-state index contributed by atoms with van der Waals surface area (Å²) < 4.78 is 11.5. The van der Waals surface area contributed by atoms with Crippen LogP contribution in [0.2, 0.25) is 0 Å². The zero-order valence-corrected chi connectivity index (χ0v) is 13.7. The number of para-hydroxylation sites is 1. The molecule has 0 saturated carbocycles. The Balaban J connectivity index is 1.85. The molecule has 120 valence electrons. The minimum atomic E-state index is 0.518. The van der Waals surface area contributed by atoms with E-state index in [9.17, 15) is 0 Å². The number of anilines is 1. The highest BCUT2D eigenvalue weighted by Gasteiger charge is 2.11. The van der Waals surface area contributed by atoms with Crippen molar-refractivity contribution in [1.29, 1.82) is 0 Å². The van der Waals surface area contributed by atoms with Crippen molar-refractivity contribution in [2.24, 2.45) is 0 Å². The molecule has 2 aromatic rings. The Hall–Kier alpha value is -2.08. The van der Waals surface area contributed by atoms with Crippen molar-refractivity contribution < 1.29 is 9.15 Å². The summed E-state index contributed by atoms with van der Waals surface area (Å²) in [4.78, 5) is 3.89. The molecule has 0 aliphatic carbocycles. The molecule has 2 rings (SSSR count). The van der Waals surface area contributed by atoms with E-state index in [2.05, 4.69) is 23.2 Å². The predicted octanol–water partition coefficient (Wildman–Crippen LogP) is 2.21. The maximum atomic E-state index is 5.85. The second-order valence-electron chi connectivity index (χ2n) is 5.45. The molecule has 0 saturated heterocycles. The first-order chi connectivity index (χ1) is 10.6. The van der Waals surface area contributed by atoms with E-state index in [0.717, 1.165) is 12.2 Å². The number of aromatic nitrogens is 2. The lowest BCUT2D eigenvalue weighted by atomic mass is 10.1. The van der Waals surface area contributed by atoms with E-state index < -0.39 is 0 Å². The molecule has 0 unspecified atom stereocenters. The molecule has 1 aromatic heterocycles. The molecule has 6 nitrogen and oxygen atoms in total. The van der Waals surface area contributed by atoms with Crippen LogP contribution in [0.1, 0.15) is 18.4 Å². The van der Waals surface area contributed by atoms with E-state index in [0.29, 0.717) is 31.6 Å². The van der Waals surface area contributed by atoms with Gasteiger partial charge in [0, 0.05) is 7.05 Å². The standard InChI is InChI=1S/C16H24N4O2/c1-5-13-8-6-7-9-14(13)21-11-10-20(4)16-18-17-15(22-16)12-19(2)3/h6-9H,5,10-12H2,1-4H3. The van der Waals surface area contributed by atoms with E-state index in [-0.39, 0.29) is 0 Å². The van der Waals surface area contributed by atoms with Crippen molar-refractivity contribution in [2.75, 3.05) is 39.2 Å². The Morgan fingerprint density at radius 2 is 1.91 bits per heavy atom. The zero-order chi connectivity index (χ0) is 15.9. The first-order valence-electron chi connectivity index (χ1n) is 7.49. The topological polar surface area (TPSA) is 54.6 Å². The Morgan fingerprint density at radius 1 is 1.14 bits per heavy atom. The van der Waals surface area contributed by atoms with Crippen molar-refractivity contribution in [3.8, 4) is 5.75 Å². The summed E-state index contributed by atoms with van der Waals surface area (Å²) in [5, 5.41) is 8.09. The minimum absolute atomic E-state index is 0.518. The predicted molar refractivity (Wildman–Crippen MR) is 86.3 cm³/mol. The van der Waals surface area contributed by atoms with Crippen LogP contribution in [0.4, 0.5) is 6.01 Å². The molecule has 1 heterocycles. The van der Waals surface area contributed by atoms with Gasteiger partial charge < -0.3 is 19.0 Å². The van der Waals surface area contributed by atoms with Crippen LogP contribution in [0.25, 0.3) is 0 Å². The number of hydrogen-bond donors (Lipinski definition) is 0. The summed E-state index contributed by atoms with van der Waals surface area (Å²) in [7, 11) is 5.85. The lowest BCUT2D eigenvalue weighted by molar-refractivity contribution is 0.316. The van der Waals surface area contributed by atoms with Crippen LogP contribution in [0.3, 0.4) is 0 Å². The minimum Gasteiger partial charge on any atom is -0.491 e. The summed E-state index contributed by atoms with van der Waals surface area (Å²) in [6.07, 6.45) is 0.962. The second kappa shape index (κ2) is 7.79. The maximum Gasteiger partial charge on any atom is 0.318 e. The largest absolute Gasteiger partial charge is 0.491 e. The zero-order valence-electron chi connectivity index (χ0n) is 13.7. The third-order valence-corrected chi connectivity index (χ3v) is 3.27. The van der Waals surface area contributed by atoms with Gasteiger partial charge in [0.2, 0.25) is 5.89 Å². The molecule has 6 heteroatoms. The van der Waals surface area contributed by atoms with Crippen LogP contribution in [0.15, 0.2) is 28.7 Å². The molecule has 0 radical (unpaired) electrons. The van der Waals surface area contributed by atoms with Gasteiger partial charge in [-0.3, -0.25) is 0 Å². The first-order valence-corrected chi connectivity index (χ1v) is 7.49. The highest BCUT2D eigenvalue weighted by molar-refractivity contribution is 5.33. The third-order valence-electron chi connectivity index (χ3n) is 3.27. The Kier molecular flexibility index (Phi) is 5.77. The van der Waals surface area contributed by atoms with E-state index in [4.69, 9.17) is 9.15 Å². The van der Waals surface area contributed by atoms with E-state index in [1.807, 2.05) is 49.1 Å². The fraction of sp³-hybridized carbons (Fsp3) is 0.500. The Morgan fingerprint density at radius 3 is 2.64 bits per heavy atom. The van der Waals surface area contributed by atoms with Gasteiger partial charge in [-0.1, -0.05) is 30.2 Å². The molecule has 0 atom stereocenters. The molecule has 0 fully saturated rings. The Labute approximate surface area is 131 Å². The Bertz CT molecular complexity index is 583. The van der Waals surface area contributed by atoms with Crippen molar-refractivity contribution in [3.63, 3.8) is 0 Å². The van der Waals surface area contributed by atoms with Crippen LogP contribution < -0.4 is 9.64 Å². The summed E-state index contributed by atoms with van der Waals surface area (Å²) in [5.74, 6) is 1.56. The molecule has 0 aliphatic rings. The van der Waals surface area contributed by atoms with Crippen molar-refractivity contribution >= 4 is 6.01 Å². The van der Waals surface area contributed by atoms with Crippen LogP contribution >= 0.6 is 0 Å². The summed E-state index contributed by atoms with van der Waals surface area (Å²) >= 11 is 0. The normalized spacial score (nSPS) is 11.0. The number of nitrogens with zero attached hydrogens (tertiary/aromatic N) is 4. The van der Waals surface area contributed by atoms with Crippen molar-refractivity contribution in [3.05, 3.63) is 35.7 Å². The van der Waals surface area contributed by atoms with Crippen molar-refractivity contribution in [2.45, 2.75) is 19.9 Å². The monoisotopic (exact) mass is 304 g/mol. The molecule has 0 N–H and O–H groups in total. The molecular formula is C16H24N4O2. The number of ether oxygens (including phenoxy) is 1. The average Bonchev–Trinajstić information content (AvgIpc) is 2.95. The number of hydrogen-bond acceptors (Lipinski definition) is 6. The first kappa shape index (κ1) is 16.3. The molecule has 0 amide bonds. The smallest absolute Gasteiger partial charge is 0.318 e. The summed E-state index contributed by atoms with van der Waals surface area (Å²) in [5.41, 5.74) is 1.22. The van der Waals surface area contributed by atoms with Crippen LogP contribution in [-0.4, -0.2) is 49.4 Å². The van der Waals surface area contributed by atoms with Gasteiger partial charge in [-0.15, -0.1) is 5.10 Å². The van der Waals surface area contributed by atoms with Crippen LogP contribution in [-0.2, 0) is 13.0 Å². The average molecular weight is 304 g/mol. The highest BCUT2D eigenvalue weighted by atomic mass is 16.5. The molecule has 22 heavy (non-hydrogen) atoms. The molecule has 0 bridgehead atoms. The van der Waals surface area contributed by atoms with Gasteiger partial charge in [-0.25, -0.2) is 0 Å². The summed E-state index contributed by atoms with van der Waals surface area (Å²) in [6.45, 7) is 4.01. The second-order valence-corrected chi connectivity index (χ2v) is 5.45. The SMILES string of the molecule is CCc1ccccc1OCCN(C)c1nnc(CN(C)C)o1. The van der Waals surface area contributed by atoms with Gasteiger partial charge in [-0.05, 0) is 32.1 Å². The maximum absolute atomic E-state index is 5.85. The number of rotatable bonds is 8. The molecule has 1 aromatic carbocycles. The highest BCUT2D eigenvalue weighted by Crippen LogP contribution is 2.18. The quantitative estimate of drug-likeness (QED) is 0.745. The molecule has 0 aliphatic heterocycles. The van der Waals surface area contributed by atoms with Crippen molar-refractivity contribution in [1.82, 2.24) is 15.1 Å². The molecular weight excluding hydrogens is 280 g/mol. The fourth-order valence-electron chi connectivity index (χ4n) is 2.06. The van der Waals surface area contributed by atoms with Crippen LogP contribution in [0, 0.1) is 0 Å². The van der Waals surface area contributed by atoms with Gasteiger partial charge in [-0.2, -0.15) is 0 Å². The van der Waals surface area contributed by atoms with E-state index in [1.54, 1.807) is 0 Å². The third kappa shape index (κ3) is 4.46. The fourth-order valence-corrected chi connectivity index (χ4v) is 2.06. The molecule has 0 spiro atoms. The number of aryl methyl sites for hydroxylation is 1. The number of likely N-dealkylation sites (N-methyl/N-ethyl adjacent to an activating group) is 1. The van der Waals surface area contributed by atoms with Gasteiger partial charge in [0.15, 0.2) is 0 Å². The van der Waals surface area contributed by atoms with Gasteiger partial charge >= 0.3 is 6.01 Å². The lowest BCUT2D eigenvalue weighted by Gasteiger charge is -2.15. The lowest BCUT2D eigenvalue weighted by Crippen LogP contribution is -2.24. The summed E-state index contributed by atoms with van der Waals surface area (Å²) in [6, 6.07) is 8.63. The van der Waals surface area contributed by atoms with Crippen LogP contribution in [0.5, 0.6) is 5.75 Å². The van der Waals surface area contributed by atoms with Gasteiger partial charge in [0.05, 0.1) is 13.1 Å². The van der Waals surface area contributed by atoms with E-state index in [1.165, 1.54) is 5.56 Å². The number of benzene rings is 1. The van der Waals surface area contributed by atoms with E-state index >= 15 is 0 Å².